The van der Waals surface area contributed by atoms with Crippen molar-refractivity contribution in [2.24, 2.45) is 0 Å². The number of rotatable bonds is 3. The Morgan fingerprint density at radius 3 is 2.74 bits per heavy atom. The van der Waals surface area contributed by atoms with Crippen LogP contribution in [0.2, 0.25) is 0 Å². The number of esters is 2. The molecule has 0 spiro atoms. The van der Waals surface area contributed by atoms with Gasteiger partial charge in [0.25, 0.3) is 0 Å². The number of thiophene rings is 1. The molecule has 0 radical (unpaired) electrons. The van der Waals surface area contributed by atoms with Crippen molar-refractivity contribution in [3.05, 3.63) is 32.2 Å². The first-order valence-electron chi connectivity index (χ1n) is 5.48. The van der Waals surface area contributed by atoms with Crippen LogP contribution in [0.15, 0.2) is 16.4 Å². The summed E-state index contributed by atoms with van der Waals surface area (Å²) in [4.78, 5) is 38.2. The molecule has 0 aliphatic carbocycles. The summed E-state index contributed by atoms with van der Waals surface area (Å²) in [5, 5.41) is 1.79. The molecule has 2 aromatic heterocycles. The molecule has 0 aliphatic heterocycles. The zero-order valence-corrected chi connectivity index (χ0v) is 11.1. The first-order chi connectivity index (χ1) is 9.10. The van der Waals surface area contributed by atoms with Gasteiger partial charge in [-0.2, -0.15) is 0 Å². The van der Waals surface area contributed by atoms with Gasteiger partial charge in [0, 0.05) is 11.6 Å². The fourth-order valence-corrected chi connectivity index (χ4v) is 2.55. The summed E-state index contributed by atoms with van der Waals surface area (Å²) >= 11 is 1.09. The summed E-state index contributed by atoms with van der Waals surface area (Å²) < 4.78 is 9.40. The summed E-state index contributed by atoms with van der Waals surface area (Å²) in [5.74, 6) is -1.21. The summed E-state index contributed by atoms with van der Waals surface area (Å²) in [6.45, 7) is 1.85. The molecular weight excluding hydrogens is 270 g/mol. The predicted octanol–water partition coefficient (Wildman–Crippen LogP) is 1.55. The molecule has 0 saturated heterocycles. The van der Waals surface area contributed by atoms with Crippen LogP contribution in [-0.4, -0.2) is 30.6 Å². The minimum absolute atomic E-state index is 0.0800. The van der Waals surface area contributed by atoms with Gasteiger partial charge < -0.3 is 14.5 Å². The Kier molecular flexibility index (Phi) is 3.66. The number of aromatic nitrogens is 1. The van der Waals surface area contributed by atoms with Crippen LogP contribution < -0.4 is 5.43 Å². The van der Waals surface area contributed by atoms with Gasteiger partial charge in [-0.15, -0.1) is 11.3 Å². The molecule has 1 N–H and O–H groups in total. The highest BCUT2D eigenvalue weighted by Gasteiger charge is 2.19. The number of carbonyl (C=O) groups is 2. The second-order valence-corrected chi connectivity index (χ2v) is 4.48. The highest BCUT2D eigenvalue weighted by Crippen LogP contribution is 2.22. The summed E-state index contributed by atoms with van der Waals surface area (Å²) in [5.41, 5.74) is -0.169. The van der Waals surface area contributed by atoms with Crippen LogP contribution in [0, 0.1) is 0 Å². The number of carbonyl (C=O) groups excluding carboxylic acids is 2. The topological polar surface area (TPSA) is 85.5 Å². The molecule has 0 bridgehead atoms. The van der Waals surface area contributed by atoms with Crippen molar-refractivity contribution in [2.45, 2.75) is 6.92 Å². The standard InChI is InChI=1S/C12H11NO5S/c1-3-18-11(15)6-4-13-8-7(9(6)14)5-19-10(8)12(16)17-2/h4-5,13H,3H2,1-2H3. The maximum absolute atomic E-state index is 12.1. The van der Waals surface area contributed by atoms with E-state index in [4.69, 9.17) is 4.74 Å². The Morgan fingerprint density at radius 2 is 2.11 bits per heavy atom. The number of hydrogen-bond acceptors (Lipinski definition) is 6. The van der Waals surface area contributed by atoms with Crippen molar-refractivity contribution in [3.8, 4) is 0 Å². The maximum atomic E-state index is 12.1. The van der Waals surface area contributed by atoms with Crippen LogP contribution in [0.5, 0.6) is 0 Å². The summed E-state index contributed by atoms with van der Waals surface area (Å²) in [6.07, 6.45) is 1.25. The number of hydrogen-bond donors (Lipinski definition) is 1. The Hall–Kier alpha value is -2.15. The highest BCUT2D eigenvalue weighted by molar-refractivity contribution is 7.13. The molecule has 0 aliphatic rings. The number of methoxy groups -OCH3 is 1. The molecule has 0 unspecified atom stereocenters. The van der Waals surface area contributed by atoms with E-state index in [2.05, 4.69) is 9.72 Å². The third kappa shape index (κ3) is 2.24. The number of aromatic amines is 1. The Balaban J connectivity index is 2.59. The first-order valence-corrected chi connectivity index (χ1v) is 6.36. The van der Waals surface area contributed by atoms with Crippen molar-refractivity contribution >= 4 is 34.2 Å². The quantitative estimate of drug-likeness (QED) is 0.863. The fourth-order valence-electron chi connectivity index (χ4n) is 1.63. The number of fused-ring (bicyclic) bond motifs is 1. The van der Waals surface area contributed by atoms with Crippen LogP contribution in [-0.2, 0) is 9.47 Å². The molecule has 100 valence electrons. The van der Waals surface area contributed by atoms with Crippen molar-refractivity contribution in [3.63, 3.8) is 0 Å². The lowest BCUT2D eigenvalue weighted by Gasteiger charge is -2.01. The van der Waals surface area contributed by atoms with E-state index in [0.29, 0.717) is 10.4 Å². The van der Waals surface area contributed by atoms with Crippen LogP contribution in [0.4, 0.5) is 0 Å². The second-order valence-electron chi connectivity index (χ2n) is 3.60. The van der Waals surface area contributed by atoms with E-state index in [1.54, 1.807) is 6.92 Å². The van der Waals surface area contributed by atoms with Gasteiger partial charge in [-0.25, -0.2) is 9.59 Å². The SMILES string of the molecule is CCOC(=O)c1c[nH]c2c(C(=O)OC)scc2c1=O. The lowest BCUT2D eigenvalue weighted by molar-refractivity contribution is 0.0524. The minimum Gasteiger partial charge on any atom is -0.465 e. The Morgan fingerprint density at radius 1 is 1.37 bits per heavy atom. The third-order valence-corrected chi connectivity index (χ3v) is 3.47. The summed E-state index contributed by atoms with van der Waals surface area (Å²) in [7, 11) is 1.26. The van der Waals surface area contributed by atoms with Gasteiger partial charge in [-0.1, -0.05) is 0 Å². The molecule has 2 heterocycles. The number of nitrogens with one attached hydrogen (secondary N) is 1. The van der Waals surface area contributed by atoms with E-state index >= 15 is 0 Å². The van der Waals surface area contributed by atoms with Gasteiger partial charge in [-0.3, -0.25) is 4.79 Å². The Bertz CT molecular complexity index is 700. The molecule has 0 atom stereocenters. The lowest BCUT2D eigenvalue weighted by Crippen LogP contribution is -2.17. The molecule has 7 heteroatoms. The average Bonchev–Trinajstić information content (AvgIpc) is 2.83. The monoisotopic (exact) mass is 281 g/mol. The Labute approximate surface area is 112 Å². The van der Waals surface area contributed by atoms with Crippen molar-refractivity contribution in [1.82, 2.24) is 4.98 Å². The molecule has 0 saturated carbocycles. The molecule has 6 nitrogen and oxygen atoms in total. The van der Waals surface area contributed by atoms with Crippen LogP contribution >= 0.6 is 11.3 Å². The summed E-state index contributed by atoms with van der Waals surface area (Å²) in [6, 6.07) is 0. The second kappa shape index (κ2) is 5.23. The van der Waals surface area contributed by atoms with Crippen LogP contribution in [0.1, 0.15) is 27.0 Å². The maximum Gasteiger partial charge on any atom is 0.350 e. The number of ether oxygens (including phenoxy) is 2. The third-order valence-electron chi connectivity index (χ3n) is 2.51. The number of pyridine rings is 1. The van der Waals surface area contributed by atoms with Gasteiger partial charge in [0.15, 0.2) is 0 Å². The van der Waals surface area contributed by atoms with Gasteiger partial charge >= 0.3 is 11.9 Å². The van der Waals surface area contributed by atoms with Crippen LogP contribution in [0.25, 0.3) is 10.9 Å². The molecule has 2 aromatic rings. The van der Waals surface area contributed by atoms with E-state index in [0.717, 1.165) is 11.3 Å². The van der Waals surface area contributed by atoms with E-state index in [1.165, 1.54) is 18.7 Å². The van der Waals surface area contributed by atoms with Gasteiger partial charge in [0.05, 0.1) is 24.6 Å². The minimum atomic E-state index is -0.684. The van der Waals surface area contributed by atoms with E-state index in [1.807, 2.05) is 0 Å². The zero-order valence-electron chi connectivity index (χ0n) is 10.3. The normalized spacial score (nSPS) is 10.4. The van der Waals surface area contributed by atoms with E-state index in [9.17, 15) is 14.4 Å². The van der Waals surface area contributed by atoms with Crippen molar-refractivity contribution in [1.29, 1.82) is 0 Å². The van der Waals surface area contributed by atoms with E-state index in [-0.39, 0.29) is 17.6 Å². The van der Waals surface area contributed by atoms with Gasteiger partial charge in [0.2, 0.25) is 5.43 Å². The van der Waals surface area contributed by atoms with Crippen molar-refractivity contribution < 1.29 is 19.1 Å². The van der Waals surface area contributed by atoms with E-state index < -0.39 is 17.4 Å². The molecule has 2 rings (SSSR count). The van der Waals surface area contributed by atoms with Crippen molar-refractivity contribution in [2.75, 3.05) is 13.7 Å². The molecular formula is C12H11NO5S. The molecule has 0 amide bonds. The first kappa shape index (κ1) is 13.3. The largest absolute Gasteiger partial charge is 0.465 e. The molecule has 0 aromatic carbocycles. The fraction of sp³-hybridized carbons (Fsp3) is 0.250. The van der Waals surface area contributed by atoms with Gasteiger partial charge in [-0.05, 0) is 6.92 Å². The molecule has 0 fully saturated rings. The lowest BCUT2D eigenvalue weighted by atomic mass is 10.2. The highest BCUT2D eigenvalue weighted by atomic mass is 32.1. The number of H-pyrrole nitrogens is 1. The molecule has 19 heavy (non-hydrogen) atoms. The predicted molar refractivity (Wildman–Crippen MR) is 69.7 cm³/mol. The zero-order chi connectivity index (χ0) is 14.0. The van der Waals surface area contributed by atoms with Crippen LogP contribution in [0.3, 0.4) is 0 Å². The average molecular weight is 281 g/mol. The smallest absolute Gasteiger partial charge is 0.350 e. The van der Waals surface area contributed by atoms with Gasteiger partial charge in [0.1, 0.15) is 10.4 Å².